The van der Waals surface area contributed by atoms with Crippen LogP contribution in [-0.4, -0.2) is 27.0 Å². The maximum absolute atomic E-state index is 13.0. The molecule has 1 unspecified atom stereocenters. The van der Waals surface area contributed by atoms with Crippen LogP contribution in [0.15, 0.2) is 57.4 Å². The van der Waals surface area contributed by atoms with Crippen molar-refractivity contribution in [2.24, 2.45) is 0 Å². The highest BCUT2D eigenvalue weighted by molar-refractivity contribution is 9.10. The number of urea groups is 1. The molecule has 142 valence electrons. The van der Waals surface area contributed by atoms with E-state index in [2.05, 4.69) is 31.4 Å². The summed E-state index contributed by atoms with van der Waals surface area (Å²) < 4.78 is 6.48. The third-order valence-corrected chi connectivity index (χ3v) is 5.46. The van der Waals surface area contributed by atoms with Crippen LogP contribution in [0.25, 0.3) is 11.5 Å². The van der Waals surface area contributed by atoms with Gasteiger partial charge >= 0.3 is 6.03 Å². The van der Waals surface area contributed by atoms with Gasteiger partial charge in [-0.25, -0.2) is 4.79 Å². The monoisotopic (exact) mass is 440 g/mol. The first-order chi connectivity index (χ1) is 13.4. The van der Waals surface area contributed by atoms with Gasteiger partial charge in [-0.05, 0) is 47.5 Å². The van der Waals surface area contributed by atoms with E-state index in [9.17, 15) is 9.59 Å². The first-order valence-electron chi connectivity index (χ1n) is 8.67. The number of imide groups is 1. The summed E-state index contributed by atoms with van der Waals surface area (Å²) in [6.07, 6.45) is 0. The lowest BCUT2D eigenvalue weighted by Gasteiger charge is -2.22. The second-order valence-corrected chi connectivity index (χ2v) is 7.65. The number of carbonyl (C=O) groups is 2. The molecule has 1 saturated heterocycles. The molecule has 4 rings (SSSR count). The number of hydrogen-bond acceptors (Lipinski definition) is 5. The number of benzene rings is 2. The molecule has 0 bridgehead atoms. The van der Waals surface area contributed by atoms with E-state index in [1.54, 1.807) is 6.92 Å². The first-order valence-corrected chi connectivity index (χ1v) is 9.46. The van der Waals surface area contributed by atoms with Gasteiger partial charge in [-0.3, -0.25) is 9.69 Å². The quantitative estimate of drug-likeness (QED) is 0.623. The summed E-state index contributed by atoms with van der Waals surface area (Å²) in [5.41, 5.74) is 1.41. The predicted molar refractivity (Wildman–Crippen MR) is 105 cm³/mol. The molecule has 2 aromatic carbocycles. The fraction of sp³-hybridized carbons (Fsp3) is 0.200. The van der Waals surface area contributed by atoms with Crippen molar-refractivity contribution < 1.29 is 14.0 Å². The lowest BCUT2D eigenvalue weighted by atomic mass is 9.91. The molecule has 3 aromatic rings. The Morgan fingerprint density at radius 1 is 1.11 bits per heavy atom. The zero-order chi connectivity index (χ0) is 19.9. The van der Waals surface area contributed by atoms with E-state index in [4.69, 9.17) is 4.42 Å². The summed E-state index contributed by atoms with van der Waals surface area (Å²) in [7, 11) is 0. The molecule has 28 heavy (non-hydrogen) atoms. The Morgan fingerprint density at radius 2 is 1.82 bits per heavy atom. The molecule has 0 aliphatic carbocycles. The van der Waals surface area contributed by atoms with Crippen molar-refractivity contribution in [3.05, 3.63) is 70.0 Å². The van der Waals surface area contributed by atoms with Crippen molar-refractivity contribution >= 4 is 27.9 Å². The number of hydrogen-bond donors (Lipinski definition) is 1. The van der Waals surface area contributed by atoms with E-state index in [1.165, 1.54) is 0 Å². The van der Waals surface area contributed by atoms with E-state index in [0.29, 0.717) is 5.89 Å². The smallest absolute Gasteiger partial charge is 0.325 e. The van der Waals surface area contributed by atoms with Crippen LogP contribution in [0.5, 0.6) is 0 Å². The Balaban J connectivity index is 1.58. The second kappa shape index (κ2) is 6.87. The number of aromatic nitrogens is 2. The fourth-order valence-corrected chi connectivity index (χ4v) is 3.57. The summed E-state index contributed by atoms with van der Waals surface area (Å²) >= 11 is 3.44. The molecule has 8 heteroatoms. The van der Waals surface area contributed by atoms with Crippen LogP contribution in [-0.2, 0) is 16.9 Å². The SMILES string of the molecule is Cc1ccc(C2(C)NC(=O)N(Cc3nnc(-c4ccccc4Br)o3)C2=O)cc1. The minimum atomic E-state index is -1.13. The van der Waals surface area contributed by atoms with Crippen molar-refractivity contribution in [3.8, 4) is 11.5 Å². The average molecular weight is 441 g/mol. The molecular formula is C20H17BrN4O3. The number of nitrogens with one attached hydrogen (secondary N) is 1. The van der Waals surface area contributed by atoms with E-state index >= 15 is 0 Å². The van der Waals surface area contributed by atoms with Crippen LogP contribution in [0.4, 0.5) is 4.79 Å². The van der Waals surface area contributed by atoms with Crippen LogP contribution < -0.4 is 5.32 Å². The summed E-state index contributed by atoms with van der Waals surface area (Å²) in [5, 5.41) is 10.8. The molecule has 1 aliphatic rings. The number of halogens is 1. The lowest BCUT2D eigenvalue weighted by molar-refractivity contribution is -0.131. The zero-order valence-electron chi connectivity index (χ0n) is 15.3. The molecule has 2 heterocycles. The number of amides is 3. The lowest BCUT2D eigenvalue weighted by Crippen LogP contribution is -2.40. The van der Waals surface area contributed by atoms with Crippen LogP contribution >= 0.6 is 15.9 Å². The van der Waals surface area contributed by atoms with Gasteiger partial charge in [-0.1, -0.05) is 42.0 Å². The highest BCUT2D eigenvalue weighted by atomic mass is 79.9. The highest BCUT2D eigenvalue weighted by Gasteiger charge is 2.49. The molecule has 1 N–H and O–H groups in total. The molecule has 1 aromatic heterocycles. The number of nitrogens with zero attached hydrogens (tertiary/aromatic N) is 3. The molecule has 0 radical (unpaired) electrons. The maximum atomic E-state index is 13.0. The van der Waals surface area contributed by atoms with E-state index < -0.39 is 11.6 Å². The number of rotatable bonds is 4. The summed E-state index contributed by atoms with van der Waals surface area (Å²) in [6, 6.07) is 14.4. The standard InChI is InChI=1S/C20H17BrN4O3/c1-12-7-9-13(10-8-12)20(2)18(26)25(19(27)22-20)11-16-23-24-17(28-16)14-5-3-4-6-15(14)21/h3-10H,11H2,1-2H3,(H,22,27). The van der Waals surface area contributed by atoms with E-state index in [1.807, 2.05) is 55.5 Å². The van der Waals surface area contributed by atoms with Crippen molar-refractivity contribution in [1.29, 1.82) is 0 Å². The van der Waals surface area contributed by atoms with Crippen molar-refractivity contribution in [1.82, 2.24) is 20.4 Å². The van der Waals surface area contributed by atoms with Gasteiger partial charge in [0.2, 0.25) is 11.8 Å². The fourth-order valence-electron chi connectivity index (χ4n) is 3.12. The van der Waals surface area contributed by atoms with Gasteiger partial charge in [-0.2, -0.15) is 0 Å². The van der Waals surface area contributed by atoms with Gasteiger partial charge in [0.1, 0.15) is 12.1 Å². The van der Waals surface area contributed by atoms with Crippen molar-refractivity contribution in [2.75, 3.05) is 0 Å². The van der Waals surface area contributed by atoms with E-state index in [-0.39, 0.29) is 18.3 Å². The second-order valence-electron chi connectivity index (χ2n) is 6.79. The van der Waals surface area contributed by atoms with Gasteiger partial charge < -0.3 is 9.73 Å². The van der Waals surface area contributed by atoms with E-state index in [0.717, 1.165) is 26.1 Å². The van der Waals surface area contributed by atoms with Gasteiger partial charge in [0.05, 0.1) is 5.56 Å². The third kappa shape index (κ3) is 3.09. The maximum Gasteiger partial charge on any atom is 0.325 e. The Labute approximate surface area is 169 Å². The van der Waals surface area contributed by atoms with Crippen LogP contribution in [0.1, 0.15) is 23.9 Å². The molecule has 0 saturated carbocycles. The minimum absolute atomic E-state index is 0.0937. The Kier molecular flexibility index (Phi) is 4.50. The predicted octanol–water partition coefficient (Wildman–Crippen LogP) is 3.77. The summed E-state index contributed by atoms with van der Waals surface area (Å²) in [5.74, 6) is 0.139. The number of aryl methyl sites for hydroxylation is 1. The molecule has 7 nitrogen and oxygen atoms in total. The number of carbonyl (C=O) groups excluding carboxylic acids is 2. The summed E-state index contributed by atoms with van der Waals surface area (Å²) in [6.45, 7) is 3.56. The molecule has 0 spiro atoms. The summed E-state index contributed by atoms with van der Waals surface area (Å²) in [4.78, 5) is 26.6. The minimum Gasteiger partial charge on any atom is -0.419 e. The molecule has 1 fully saturated rings. The molecule has 1 atom stereocenters. The van der Waals surface area contributed by atoms with Gasteiger partial charge in [0.15, 0.2) is 0 Å². The Hall–Kier alpha value is -3.00. The third-order valence-electron chi connectivity index (χ3n) is 4.77. The molecule has 3 amide bonds. The Morgan fingerprint density at radius 3 is 2.54 bits per heavy atom. The van der Waals surface area contributed by atoms with Gasteiger partial charge in [0.25, 0.3) is 5.91 Å². The van der Waals surface area contributed by atoms with Crippen LogP contribution in [0.2, 0.25) is 0 Å². The van der Waals surface area contributed by atoms with Gasteiger partial charge in [0, 0.05) is 4.47 Å². The molecular weight excluding hydrogens is 424 g/mol. The van der Waals surface area contributed by atoms with Gasteiger partial charge in [-0.15, -0.1) is 10.2 Å². The highest BCUT2D eigenvalue weighted by Crippen LogP contribution is 2.31. The Bertz CT molecular complexity index is 1060. The van der Waals surface area contributed by atoms with Crippen LogP contribution in [0, 0.1) is 6.92 Å². The first kappa shape index (κ1) is 18.4. The topological polar surface area (TPSA) is 88.3 Å². The molecule has 1 aliphatic heterocycles. The average Bonchev–Trinajstić information content (AvgIpc) is 3.22. The zero-order valence-corrected chi connectivity index (χ0v) is 16.9. The van der Waals surface area contributed by atoms with Crippen LogP contribution in [0.3, 0.4) is 0 Å². The van der Waals surface area contributed by atoms with Crippen molar-refractivity contribution in [3.63, 3.8) is 0 Å². The van der Waals surface area contributed by atoms with Crippen molar-refractivity contribution in [2.45, 2.75) is 25.9 Å². The normalized spacial score (nSPS) is 19.2. The largest absolute Gasteiger partial charge is 0.419 e.